The van der Waals surface area contributed by atoms with Gasteiger partial charge >= 0.3 is 0 Å². The summed E-state index contributed by atoms with van der Waals surface area (Å²) in [5, 5.41) is 3.59. The SMILES string of the molecule is Cc1ccc(Cl)cc1NC(=O)[C@@H](C)N1C[C@@H](C)O[C@@H](C)C1. The second-order valence-electron chi connectivity index (χ2n) is 5.84. The van der Waals surface area contributed by atoms with Gasteiger partial charge in [-0.25, -0.2) is 0 Å². The van der Waals surface area contributed by atoms with Gasteiger partial charge in [0.15, 0.2) is 0 Å². The number of nitrogens with one attached hydrogen (secondary N) is 1. The van der Waals surface area contributed by atoms with E-state index in [0.717, 1.165) is 24.3 Å². The van der Waals surface area contributed by atoms with Crippen molar-refractivity contribution in [3.8, 4) is 0 Å². The number of morpholine rings is 1. The maximum atomic E-state index is 12.5. The summed E-state index contributed by atoms with van der Waals surface area (Å²) in [6.45, 7) is 9.50. The molecule has 3 atom stereocenters. The summed E-state index contributed by atoms with van der Waals surface area (Å²) in [5.74, 6) is -0.0123. The van der Waals surface area contributed by atoms with Crippen LogP contribution in [0.2, 0.25) is 5.02 Å². The lowest BCUT2D eigenvalue weighted by atomic mass is 10.1. The van der Waals surface area contributed by atoms with Crippen molar-refractivity contribution in [2.45, 2.75) is 45.9 Å². The van der Waals surface area contributed by atoms with Gasteiger partial charge in [-0.1, -0.05) is 17.7 Å². The van der Waals surface area contributed by atoms with E-state index in [-0.39, 0.29) is 24.2 Å². The molecule has 1 aromatic carbocycles. The van der Waals surface area contributed by atoms with E-state index in [1.165, 1.54) is 0 Å². The van der Waals surface area contributed by atoms with Crippen LogP contribution in [0.5, 0.6) is 0 Å². The third-order valence-electron chi connectivity index (χ3n) is 3.83. The number of hydrogen-bond donors (Lipinski definition) is 1. The number of anilines is 1. The van der Waals surface area contributed by atoms with E-state index in [4.69, 9.17) is 16.3 Å². The van der Waals surface area contributed by atoms with Crippen molar-refractivity contribution in [1.29, 1.82) is 0 Å². The normalized spacial score (nSPS) is 24.6. The van der Waals surface area contributed by atoms with Crippen LogP contribution in [0.1, 0.15) is 26.3 Å². The highest BCUT2D eigenvalue weighted by Crippen LogP contribution is 2.21. The van der Waals surface area contributed by atoms with Crippen LogP contribution in [0.3, 0.4) is 0 Å². The molecule has 0 radical (unpaired) electrons. The first-order chi connectivity index (χ1) is 9.86. The number of ether oxygens (including phenoxy) is 1. The van der Waals surface area contributed by atoms with E-state index >= 15 is 0 Å². The maximum absolute atomic E-state index is 12.5. The number of carbonyl (C=O) groups is 1. The Balaban J connectivity index is 2.04. The molecule has 0 bridgehead atoms. The first kappa shape index (κ1) is 16.3. The van der Waals surface area contributed by atoms with Gasteiger partial charge in [-0.2, -0.15) is 0 Å². The first-order valence-corrected chi connectivity index (χ1v) is 7.71. The molecule has 0 aromatic heterocycles. The number of carbonyl (C=O) groups excluding carboxylic acids is 1. The largest absolute Gasteiger partial charge is 0.373 e. The van der Waals surface area contributed by atoms with Gasteiger partial charge in [0.2, 0.25) is 5.91 Å². The minimum Gasteiger partial charge on any atom is -0.373 e. The van der Waals surface area contributed by atoms with Crippen LogP contribution >= 0.6 is 11.6 Å². The number of halogens is 1. The lowest BCUT2D eigenvalue weighted by Crippen LogP contribution is -2.52. The fraction of sp³-hybridized carbons (Fsp3) is 0.562. The molecule has 1 saturated heterocycles. The predicted octanol–water partition coefficient (Wildman–Crippen LogP) is 3.08. The molecule has 1 aliphatic rings. The minimum absolute atomic E-state index is 0.0123. The maximum Gasteiger partial charge on any atom is 0.241 e. The summed E-state index contributed by atoms with van der Waals surface area (Å²) < 4.78 is 5.71. The van der Waals surface area contributed by atoms with Crippen LogP contribution in [0, 0.1) is 6.92 Å². The molecule has 0 unspecified atom stereocenters. The molecule has 1 heterocycles. The molecule has 1 aromatic rings. The lowest BCUT2D eigenvalue weighted by Gasteiger charge is -2.38. The van der Waals surface area contributed by atoms with Crippen LogP contribution in [0.15, 0.2) is 18.2 Å². The second-order valence-corrected chi connectivity index (χ2v) is 6.27. The summed E-state index contributed by atoms with van der Waals surface area (Å²) in [5.41, 5.74) is 1.78. The number of aryl methyl sites for hydroxylation is 1. The zero-order chi connectivity index (χ0) is 15.6. The van der Waals surface area contributed by atoms with Crippen molar-refractivity contribution in [3.63, 3.8) is 0 Å². The number of rotatable bonds is 3. The zero-order valence-corrected chi connectivity index (χ0v) is 13.8. The van der Waals surface area contributed by atoms with Crippen LogP contribution in [0.25, 0.3) is 0 Å². The van der Waals surface area contributed by atoms with E-state index < -0.39 is 0 Å². The zero-order valence-electron chi connectivity index (χ0n) is 13.0. The average Bonchev–Trinajstić information content (AvgIpc) is 2.41. The van der Waals surface area contributed by atoms with Gasteiger partial charge < -0.3 is 10.1 Å². The van der Waals surface area contributed by atoms with Crippen molar-refractivity contribution in [2.24, 2.45) is 0 Å². The molecule has 0 saturated carbocycles. The Morgan fingerprint density at radius 1 is 1.38 bits per heavy atom. The fourth-order valence-electron chi connectivity index (χ4n) is 2.67. The van der Waals surface area contributed by atoms with Crippen LogP contribution < -0.4 is 5.32 Å². The van der Waals surface area contributed by atoms with Gasteiger partial charge in [-0.3, -0.25) is 9.69 Å². The Labute approximate surface area is 131 Å². The number of benzene rings is 1. The molecule has 1 N–H and O–H groups in total. The Bertz CT molecular complexity index is 511. The minimum atomic E-state index is -0.197. The van der Waals surface area contributed by atoms with E-state index in [0.29, 0.717) is 5.02 Å². The van der Waals surface area contributed by atoms with Gasteiger partial charge in [-0.15, -0.1) is 0 Å². The molecule has 4 nitrogen and oxygen atoms in total. The number of nitrogens with zero attached hydrogens (tertiary/aromatic N) is 1. The highest BCUT2D eigenvalue weighted by molar-refractivity contribution is 6.31. The summed E-state index contributed by atoms with van der Waals surface area (Å²) in [4.78, 5) is 14.6. The molecular weight excluding hydrogens is 288 g/mol. The molecule has 116 valence electrons. The highest BCUT2D eigenvalue weighted by Gasteiger charge is 2.29. The number of hydrogen-bond acceptors (Lipinski definition) is 3. The third kappa shape index (κ3) is 4.19. The molecule has 0 aliphatic carbocycles. The van der Waals surface area contributed by atoms with E-state index in [1.807, 2.05) is 39.8 Å². The van der Waals surface area contributed by atoms with Crippen molar-refractivity contribution in [3.05, 3.63) is 28.8 Å². The Kier molecular flexibility index (Phi) is 5.25. The van der Waals surface area contributed by atoms with Gasteiger partial charge in [0.25, 0.3) is 0 Å². The van der Waals surface area contributed by atoms with Crippen molar-refractivity contribution in [2.75, 3.05) is 18.4 Å². The van der Waals surface area contributed by atoms with Gasteiger partial charge in [0.05, 0.1) is 18.2 Å². The topological polar surface area (TPSA) is 41.6 Å². The Hall–Kier alpha value is -1.10. The summed E-state index contributed by atoms with van der Waals surface area (Å²) in [6.07, 6.45) is 0.300. The van der Waals surface area contributed by atoms with Crippen molar-refractivity contribution in [1.82, 2.24) is 4.90 Å². The fourth-order valence-corrected chi connectivity index (χ4v) is 2.84. The monoisotopic (exact) mass is 310 g/mol. The first-order valence-electron chi connectivity index (χ1n) is 7.33. The number of amides is 1. The molecule has 1 fully saturated rings. The molecule has 1 aliphatic heterocycles. The van der Waals surface area contributed by atoms with Crippen molar-refractivity contribution >= 4 is 23.2 Å². The van der Waals surface area contributed by atoms with E-state index in [9.17, 15) is 4.79 Å². The van der Waals surface area contributed by atoms with E-state index in [2.05, 4.69) is 10.2 Å². The van der Waals surface area contributed by atoms with Gasteiger partial charge in [-0.05, 0) is 45.4 Å². The lowest BCUT2D eigenvalue weighted by molar-refractivity contribution is -0.126. The molecule has 0 spiro atoms. The Morgan fingerprint density at radius 2 is 2.00 bits per heavy atom. The predicted molar refractivity (Wildman–Crippen MR) is 85.9 cm³/mol. The van der Waals surface area contributed by atoms with Crippen LogP contribution in [-0.4, -0.2) is 42.1 Å². The summed E-state index contributed by atoms with van der Waals surface area (Å²) >= 11 is 5.99. The van der Waals surface area contributed by atoms with Gasteiger partial charge in [0.1, 0.15) is 0 Å². The standard InChI is InChI=1S/C16H23ClN2O2/c1-10-5-6-14(17)7-15(10)18-16(20)13(4)19-8-11(2)21-12(3)9-19/h5-7,11-13H,8-9H2,1-4H3,(H,18,20)/t11-,12+,13-/m1/s1. The van der Waals surface area contributed by atoms with Crippen molar-refractivity contribution < 1.29 is 9.53 Å². The molecule has 1 amide bonds. The second kappa shape index (κ2) is 6.77. The molecule has 2 rings (SSSR count). The Morgan fingerprint density at radius 3 is 2.62 bits per heavy atom. The van der Waals surface area contributed by atoms with Crippen LogP contribution in [0.4, 0.5) is 5.69 Å². The average molecular weight is 311 g/mol. The smallest absolute Gasteiger partial charge is 0.241 e. The quantitative estimate of drug-likeness (QED) is 0.933. The summed E-state index contributed by atoms with van der Waals surface area (Å²) in [6, 6.07) is 5.31. The van der Waals surface area contributed by atoms with Gasteiger partial charge in [0, 0.05) is 23.8 Å². The van der Waals surface area contributed by atoms with E-state index in [1.54, 1.807) is 6.07 Å². The molecule has 21 heavy (non-hydrogen) atoms. The summed E-state index contributed by atoms with van der Waals surface area (Å²) in [7, 11) is 0. The van der Waals surface area contributed by atoms with Crippen LogP contribution in [-0.2, 0) is 9.53 Å². The highest BCUT2D eigenvalue weighted by atomic mass is 35.5. The molecule has 5 heteroatoms. The molecular formula is C16H23ClN2O2. The third-order valence-corrected chi connectivity index (χ3v) is 4.07.